The smallest absolute Gasteiger partial charge is 0.163 e. The van der Waals surface area contributed by atoms with Crippen LogP contribution in [-0.4, -0.2) is 12.3 Å². The fraction of sp³-hybridized carbons (Fsp3) is 0.353. The minimum absolute atomic E-state index is 0.237. The van der Waals surface area contributed by atoms with E-state index in [9.17, 15) is 4.79 Å². The van der Waals surface area contributed by atoms with Gasteiger partial charge in [0.15, 0.2) is 5.78 Å². The molecule has 19 heavy (non-hydrogen) atoms. The monoisotopic (exact) mass is 255 g/mol. The first-order valence-corrected chi connectivity index (χ1v) is 6.93. The molecule has 0 aromatic heterocycles. The summed E-state index contributed by atoms with van der Waals surface area (Å²) in [6.45, 7) is 2.85. The topological polar surface area (TPSA) is 43.1 Å². The summed E-state index contributed by atoms with van der Waals surface area (Å²) in [6.07, 6.45) is 2.51. The van der Waals surface area contributed by atoms with Crippen LogP contribution in [0.25, 0.3) is 10.8 Å². The SMILES string of the molecule is CC(CCN)CCC(=O)c1cccc2ccccc12. The maximum atomic E-state index is 12.3. The van der Waals surface area contributed by atoms with Gasteiger partial charge in [0.05, 0.1) is 0 Å². The fourth-order valence-electron chi connectivity index (χ4n) is 2.41. The maximum absolute atomic E-state index is 12.3. The Morgan fingerprint density at radius 1 is 1.11 bits per heavy atom. The minimum Gasteiger partial charge on any atom is -0.330 e. The number of ketones is 1. The van der Waals surface area contributed by atoms with Gasteiger partial charge in [-0.05, 0) is 36.1 Å². The molecule has 2 rings (SSSR count). The lowest BCUT2D eigenvalue weighted by atomic mass is 9.95. The molecule has 0 spiro atoms. The molecule has 0 saturated heterocycles. The van der Waals surface area contributed by atoms with Gasteiger partial charge in [0, 0.05) is 12.0 Å². The molecule has 0 radical (unpaired) electrons. The number of nitrogens with two attached hydrogens (primary N) is 1. The van der Waals surface area contributed by atoms with E-state index in [0.717, 1.165) is 29.2 Å². The van der Waals surface area contributed by atoms with Crippen molar-refractivity contribution in [1.82, 2.24) is 0 Å². The van der Waals surface area contributed by atoms with E-state index >= 15 is 0 Å². The Kier molecular flexibility index (Phi) is 4.69. The van der Waals surface area contributed by atoms with Gasteiger partial charge in [0.1, 0.15) is 0 Å². The summed E-state index contributed by atoms with van der Waals surface area (Å²) in [7, 11) is 0. The molecule has 0 fully saturated rings. The van der Waals surface area contributed by atoms with E-state index in [-0.39, 0.29) is 5.78 Å². The van der Waals surface area contributed by atoms with E-state index in [4.69, 9.17) is 5.73 Å². The van der Waals surface area contributed by atoms with E-state index in [1.54, 1.807) is 0 Å². The van der Waals surface area contributed by atoms with E-state index in [1.165, 1.54) is 0 Å². The van der Waals surface area contributed by atoms with Gasteiger partial charge < -0.3 is 5.73 Å². The lowest BCUT2D eigenvalue weighted by Crippen LogP contribution is -2.08. The number of Topliss-reactive ketones (excluding diaryl/α,β-unsaturated/α-hetero) is 1. The number of benzene rings is 2. The van der Waals surface area contributed by atoms with Crippen LogP contribution >= 0.6 is 0 Å². The molecule has 0 aliphatic carbocycles. The molecule has 2 nitrogen and oxygen atoms in total. The zero-order chi connectivity index (χ0) is 13.7. The average molecular weight is 255 g/mol. The summed E-state index contributed by atoms with van der Waals surface area (Å²) < 4.78 is 0. The zero-order valence-corrected chi connectivity index (χ0v) is 11.4. The van der Waals surface area contributed by atoms with Crippen molar-refractivity contribution in [1.29, 1.82) is 0 Å². The number of carbonyl (C=O) groups excluding carboxylic acids is 1. The number of fused-ring (bicyclic) bond motifs is 1. The summed E-state index contributed by atoms with van der Waals surface area (Å²) in [5.41, 5.74) is 6.38. The highest BCUT2D eigenvalue weighted by Gasteiger charge is 2.11. The van der Waals surface area contributed by atoms with Crippen LogP contribution in [0.2, 0.25) is 0 Å². The van der Waals surface area contributed by atoms with Crippen molar-refractivity contribution in [2.45, 2.75) is 26.2 Å². The molecule has 2 heteroatoms. The summed E-state index contributed by atoms with van der Waals surface area (Å²) in [5, 5.41) is 2.19. The first-order valence-electron chi connectivity index (χ1n) is 6.93. The lowest BCUT2D eigenvalue weighted by Gasteiger charge is -2.10. The van der Waals surface area contributed by atoms with Crippen LogP contribution in [0.4, 0.5) is 0 Å². The van der Waals surface area contributed by atoms with Crippen LogP contribution in [-0.2, 0) is 0 Å². The van der Waals surface area contributed by atoms with E-state index < -0.39 is 0 Å². The van der Waals surface area contributed by atoms with Crippen molar-refractivity contribution < 1.29 is 4.79 Å². The van der Waals surface area contributed by atoms with Gasteiger partial charge in [-0.1, -0.05) is 49.4 Å². The molecular weight excluding hydrogens is 234 g/mol. The molecule has 0 aliphatic rings. The molecule has 2 aromatic rings. The van der Waals surface area contributed by atoms with Crippen LogP contribution in [0.1, 0.15) is 36.5 Å². The van der Waals surface area contributed by atoms with E-state index in [2.05, 4.69) is 6.92 Å². The normalized spacial score (nSPS) is 12.5. The van der Waals surface area contributed by atoms with Crippen molar-refractivity contribution in [3.8, 4) is 0 Å². The number of carbonyl (C=O) groups is 1. The predicted molar refractivity (Wildman–Crippen MR) is 80.3 cm³/mol. The Morgan fingerprint density at radius 2 is 1.84 bits per heavy atom. The second-order valence-electron chi connectivity index (χ2n) is 5.17. The Bertz CT molecular complexity index is 557. The van der Waals surface area contributed by atoms with Gasteiger partial charge in [-0.25, -0.2) is 0 Å². The third-order valence-corrected chi connectivity index (χ3v) is 3.61. The van der Waals surface area contributed by atoms with E-state index in [0.29, 0.717) is 18.9 Å². The van der Waals surface area contributed by atoms with Crippen LogP contribution < -0.4 is 5.73 Å². The molecule has 2 aromatic carbocycles. The van der Waals surface area contributed by atoms with Crippen molar-refractivity contribution in [3.05, 3.63) is 48.0 Å². The minimum atomic E-state index is 0.237. The third kappa shape index (κ3) is 3.42. The first-order chi connectivity index (χ1) is 9.22. The van der Waals surface area contributed by atoms with Gasteiger partial charge >= 0.3 is 0 Å². The molecule has 1 unspecified atom stereocenters. The van der Waals surface area contributed by atoms with Crippen LogP contribution in [0.5, 0.6) is 0 Å². The summed E-state index contributed by atoms with van der Waals surface area (Å²) in [6, 6.07) is 14.0. The molecule has 2 N–H and O–H groups in total. The van der Waals surface area contributed by atoms with Gasteiger partial charge in [0.25, 0.3) is 0 Å². The number of hydrogen-bond donors (Lipinski definition) is 1. The van der Waals surface area contributed by atoms with E-state index in [1.807, 2.05) is 42.5 Å². The third-order valence-electron chi connectivity index (χ3n) is 3.61. The summed E-state index contributed by atoms with van der Waals surface area (Å²) >= 11 is 0. The highest BCUT2D eigenvalue weighted by Crippen LogP contribution is 2.21. The average Bonchev–Trinajstić information content (AvgIpc) is 2.44. The quantitative estimate of drug-likeness (QED) is 0.798. The molecule has 0 aliphatic heterocycles. The second kappa shape index (κ2) is 6.48. The molecule has 0 amide bonds. The van der Waals surface area contributed by atoms with Gasteiger partial charge in [-0.2, -0.15) is 0 Å². The molecular formula is C17H21NO. The maximum Gasteiger partial charge on any atom is 0.163 e. The molecule has 0 heterocycles. The lowest BCUT2D eigenvalue weighted by molar-refractivity contribution is 0.0975. The zero-order valence-electron chi connectivity index (χ0n) is 11.4. The summed E-state index contributed by atoms with van der Waals surface area (Å²) in [4.78, 5) is 12.3. The van der Waals surface area contributed by atoms with Crippen molar-refractivity contribution in [2.24, 2.45) is 11.7 Å². The predicted octanol–water partition coefficient (Wildman–Crippen LogP) is 3.79. The molecule has 0 bridgehead atoms. The Labute approximate surface area is 114 Å². The largest absolute Gasteiger partial charge is 0.330 e. The van der Waals surface area contributed by atoms with Gasteiger partial charge in [-0.15, -0.1) is 0 Å². The first kappa shape index (κ1) is 13.8. The summed E-state index contributed by atoms with van der Waals surface area (Å²) in [5.74, 6) is 0.754. The number of hydrogen-bond acceptors (Lipinski definition) is 2. The van der Waals surface area contributed by atoms with Crippen LogP contribution in [0.15, 0.2) is 42.5 Å². The van der Waals surface area contributed by atoms with Crippen LogP contribution in [0, 0.1) is 5.92 Å². The standard InChI is InChI=1S/C17H21NO/c1-13(11-12-18)9-10-17(19)16-8-4-6-14-5-2-3-7-15(14)16/h2-8,13H,9-12,18H2,1H3. The molecule has 1 atom stereocenters. The van der Waals surface area contributed by atoms with Gasteiger partial charge in [0.2, 0.25) is 0 Å². The Morgan fingerprint density at radius 3 is 2.63 bits per heavy atom. The Balaban J connectivity index is 2.13. The number of rotatable bonds is 6. The second-order valence-corrected chi connectivity index (χ2v) is 5.17. The van der Waals surface area contributed by atoms with Gasteiger partial charge in [-0.3, -0.25) is 4.79 Å². The fourth-order valence-corrected chi connectivity index (χ4v) is 2.41. The van der Waals surface area contributed by atoms with Crippen LogP contribution in [0.3, 0.4) is 0 Å². The Hall–Kier alpha value is -1.67. The highest BCUT2D eigenvalue weighted by molar-refractivity contribution is 6.08. The van der Waals surface area contributed by atoms with Crippen molar-refractivity contribution in [2.75, 3.05) is 6.54 Å². The van der Waals surface area contributed by atoms with Crippen molar-refractivity contribution >= 4 is 16.6 Å². The molecule has 100 valence electrons. The molecule has 0 saturated carbocycles. The highest BCUT2D eigenvalue weighted by atomic mass is 16.1. The van der Waals surface area contributed by atoms with Crippen molar-refractivity contribution in [3.63, 3.8) is 0 Å².